The van der Waals surface area contributed by atoms with Crippen molar-refractivity contribution in [3.63, 3.8) is 0 Å². The maximum atomic E-state index is 11.8. The Morgan fingerprint density at radius 2 is 2.00 bits per heavy atom. The lowest BCUT2D eigenvalue weighted by Crippen LogP contribution is -2.39. The van der Waals surface area contributed by atoms with Crippen molar-refractivity contribution >= 4 is 6.21 Å². The standard InChI is InChI=1S/C10H15N3O4/c1-4-5-17-9-7(6-11-16)8(14)12(2)10(15)13(9)3/h6,16H,4-5H2,1-3H3/b11-6+. The van der Waals surface area contributed by atoms with Gasteiger partial charge in [-0.25, -0.2) is 4.79 Å². The van der Waals surface area contributed by atoms with Gasteiger partial charge in [0.25, 0.3) is 5.56 Å². The Kier molecular flexibility index (Phi) is 4.08. The monoisotopic (exact) mass is 241 g/mol. The maximum absolute atomic E-state index is 11.8. The van der Waals surface area contributed by atoms with Crippen molar-refractivity contribution in [2.24, 2.45) is 19.3 Å². The minimum absolute atomic E-state index is 0.0468. The summed E-state index contributed by atoms with van der Waals surface area (Å²) in [6.45, 7) is 2.27. The molecule has 1 aromatic rings. The van der Waals surface area contributed by atoms with Crippen molar-refractivity contribution in [2.75, 3.05) is 6.61 Å². The molecular formula is C10H15N3O4. The fraction of sp³-hybridized carbons (Fsp3) is 0.500. The van der Waals surface area contributed by atoms with Gasteiger partial charge in [0.2, 0.25) is 5.88 Å². The Morgan fingerprint density at radius 3 is 2.53 bits per heavy atom. The number of aromatic nitrogens is 2. The van der Waals surface area contributed by atoms with E-state index in [1.165, 1.54) is 18.7 Å². The number of oxime groups is 1. The SMILES string of the molecule is CCCOc1c(/C=N/O)c(=O)n(C)c(=O)n1C. The van der Waals surface area contributed by atoms with Crippen LogP contribution in [0.25, 0.3) is 0 Å². The molecule has 0 aromatic carbocycles. The van der Waals surface area contributed by atoms with Crippen LogP contribution in [0.3, 0.4) is 0 Å². The van der Waals surface area contributed by atoms with Gasteiger partial charge in [-0.15, -0.1) is 0 Å². The highest BCUT2D eigenvalue weighted by molar-refractivity contribution is 5.81. The molecule has 17 heavy (non-hydrogen) atoms. The van der Waals surface area contributed by atoms with Gasteiger partial charge in [-0.3, -0.25) is 13.9 Å². The molecular weight excluding hydrogens is 226 g/mol. The predicted octanol–water partition coefficient (Wildman–Crippen LogP) is -0.319. The van der Waals surface area contributed by atoms with Crippen LogP contribution in [0.2, 0.25) is 0 Å². The molecule has 7 nitrogen and oxygen atoms in total. The molecule has 0 saturated heterocycles. The minimum atomic E-state index is -0.558. The lowest BCUT2D eigenvalue weighted by molar-refractivity contribution is 0.285. The molecule has 0 fully saturated rings. The molecule has 0 saturated carbocycles. The topological polar surface area (TPSA) is 85.8 Å². The molecule has 0 spiro atoms. The molecule has 1 aromatic heterocycles. The van der Waals surface area contributed by atoms with E-state index in [-0.39, 0.29) is 11.4 Å². The molecule has 0 atom stereocenters. The van der Waals surface area contributed by atoms with Crippen molar-refractivity contribution in [1.82, 2.24) is 9.13 Å². The second-order valence-electron chi connectivity index (χ2n) is 3.52. The fourth-order valence-corrected chi connectivity index (χ4v) is 1.39. The first-order chi connectivity index (χ1) is 8.04. The zero-order valence-electron chi connectivity index (χ0n) is 10.0. The van der Waals surface area contributed by atoms with Crippen LogP contribution in [0.4, 0.5) is 0 Å². The van der Waals surface area contributed by atoms with Gasteiger partial charge in [0, 0.05) is 14.1 Å². The van der Waals surface area contributed by atoms with Crippen molar-refractivity contribution < 1.29 is 9.94 Å². The molecule has 0 amide bonds. The normalized spacial score (nSPS) is 11.0. The second kappa shape index (κ2) is 5.33. The highest BCUT2D eigenvalue weighted by atomic mass is 16.5. The minimum Gasteiger partial charge on any atom is -0.478 e. The van der Waals surface area contributed by atoms with E-state index in [1.54, 1.807) is 0 Å². The average Bonchev–Trinajstić information content (AvgIpc) is 2.33. The molecule has 7 heteroatoms. The molecule has 0 aliphatic heterocycles. The molecule has 0 aliphatic carbocycles. The van der Waals surface area contributed by atoms with Gasteiger partial charge in [-0.2, -0.15) is 0 Å². The van der Waals surface area contributed by atoms with Gasteiger partial charge >= 0.3 is 5.69 Å². The lowest BCUT2D eigenvalue weighted by atomic mass is 10.3. The van der Waals surface area contributed by atoms with Gasteiger partial charge in [0.05, 0.1) is 12.8 Å². The lowest BCUT2D eigenvalue weighted by Gasteiger charge is -2.12. The summed E-state index contributed by atoms with van der Waals surface area (Å²) in [6, 6.07) is 0. The molecule has 1 N–H and O–H groups in total. The Morgan fingerprint density at radius 1 is 1.35 bits per heavy atom. The second-order valence-corrected chi connectivity index (χ2v) is 3.52. The Labute approximate surface area is 97.6 Å². The van der Waals surface area contributed by atoms with Crippen LogP contribution in [0.1, 0.15) is 18.9 Å². The van der Waals surface area contributed by atoms with Gasteiger partial charge in [-0.1, -0.05) is 12.1 Å². The van der Waals surface area contributed by atoms with Crippen molar-refractivity contribution in [3.05, 3.63) is 26.4 Å². The summed E-state index contributed by atoms with van der Waals surface area (Å²) in [5, 5.41) is 11.3. The Bertz CT molecular complexity index is 542. The van der Waals surface area contributed by atoms with Crippen molar-refractivity contribution in [2.45, 2.75) is 13.3 Å². The van der Waals surface area contributed by atoms with E-state index in [0.29, 0.717) is 6.61 Å². The molecule has 1 heterocycles. The van der Waals surface area contributed by atoms with Crippen molar-refractivity contribution in [3.8, 4) is 5.88 Å². The summed E-state index contributed by atoms with van der Waals surface area (Å²) in [6.07, 6.45) is 1.70. The van der Waals surface area contributed by atoms with E-state index in [9.17, 15) is 9.59 Å². The number of hydrogen-bond donors (Lipinski definition) is 1. The number of rotatable bonds is 4. The summed E-state index contributed by atoms with van der Waals surface area (Å²) in [7, 11) is 2.84. The number of nitrogens with zero attached hydrogens (tertiary/aromatic N) is 3. The Hall–Kier alpha value is -2.05. The van der Waals surface area contributed by atoms with Crippen LogP contribution < -0.4 is 16.0 Å². The summed E-state index contributed by atoms with van der Waals surface area (Å²) in [5.74, 6) is 0.109. The van der Waals surface area contributed by atoms with E-state index < -0.39 is 11.2 Å². The first-order valence-corrected chi connectivity index (χ1v) is 5.14. The Balaban J connectivity index is 3.54. The van der Waals surface area contributed by atoms with Crippen molar-refractivity contribution in [1.29, 1.82) is 0 Å². The van der Waals surface area contributed by atoms with Gasteiger partial charge in [0.1, 0.15) is 5.56 Å². The van der Waals surface area contributed by atoms with Crippen LogP contribution in [0.5, 0.6) is 5.88 Å². The zero-order valence-corrected chi connectivity index (χ0v) is 10.0. The van der Waals surface area contributed by atoms with E-state index in [2.05, 4.69) is 5.16 Å². The molecule has 0 radical (unpaired) electrons. The average molecular weight is 241 g/mol. The summed E-state index contributed by atoms with van der Waals surface area (Å²) >= 11 is 0. The quantitative estimate of drug-likeness (QED) is 0.444. The van der Waals surface area contributed by atoms with E-state index in [0.717, 1.165) is 17.2 Å². The van der Waals surface area contributed by atoms with Crippen LogP contribution in [-0.4, -0.2) is 27.2 Å². The largest absolute Gasteiger partial charge is 0.478 e. The third-order valence-electron chi connectivity index (χ3n) is 2.27. The third kappa shape index (κ3) is 2.38. The third-order valence-corrected chi connectivity index (χ3v) is 2.27. The fourth-order valence-electron chi connectivity index (χ4n) is 1.39. The van der Waals surface area contributed by atoms with E-state index in [1.807, 2.05) is 6.92 Å². The summed E-state index contributed by atoms with van der Waals surface area (Å²) in [5.41, 5.74) is -1.00. The van der Waals surface area contributed by atoms with Crippen LogP contribution in [0.15, 0.2) is 14.7 Å². The van der Waals surface area contributed by atoms with Crippen LogP contribution in [-0.2, 0) is 14.1 Å². The molecule has 0 bridgehead atoms. The number of ether oxygens (including phenoxy) is 1. The maximum Gasteiger partial charge on any atom is 0.333 e. The van der Waals surface area contributed by atoms with Crippen LogP contribution in [0, 0.1) is 0 Å². The molecule has 0 aliphatic rings. The van der Waals surface area contributed by atoms with E-state index in [4.69, 9.17) is 9.94 Å². The smallest absolute Gasteiger partial charge is 0.333 e. The highest BCUT2D eigenvalue weighted by Gasteiger charge is 2.15. The van der Waals surface area contributed by atoms with Gasteiger partial charge in [0.15, 0.2) is 0 Å². The molecule has 94 valence electrons. The number of hydrogen-bond acceptors (Lipinski definition) is 5. The van der Waals surface area contributed by atoms with Crippen LogP contribution >= 0.6 is 0 Å². The first-order valence-electron chi connectivity index (χ1n) is 5.14. The summed E-state index contributed by atoms with van der Waals surface area (Å²) < 4.78 is 7.46. The van der Waals surface area contributed by atoms with Gasteiger partial charge in [-0.05, 0) is 6.42 Å². The van der Waals surface area contributed by atoms with E-state index >= 15 is 0 Å². The predicted molar refractivity (Wildman–Crippen MR) is 62.1 cm³/mol. The van der Waals surface area contributed by atoms with Gasteiger partial charge < -0.3 is 9.94 Å². The zero-order chi connectivity index (χ0) is 13.0. The molecule has 0 unspecified atom stereocenters. The highest BCUT2D eigenvalue weighted by Crippen LogP contribution is 2.09. The summed E-state index contributed by atoms with van der Waals surface area (Å²) in [4.78, 5) is 23.5. The first kappa shape index (κ1) is 13.0. The molecule has 1 rings (SSSR count).